The minimum atomic E-state index is -4.53. The second-order valence-corrected chi connectivity index (χ2v) is 8.08. The smallest absolute Gasteiger partial charge is 0.292 e. The largest absolute Gasteiger partial charge is 0.416 e. The minimum Gasteiger partial charge on any atom is -0.292 e. The molecule has 144 valence electrons. The minimum absolute atomic E-state index is 0.0597. The van der Waals surface area contributed by atoms with E-state index in [4.69, 9.17) is 0 Å². The maximum atomic E-state index is 13.1. The second-order valence-electron chi connectivity index (χ2n) is 5.91. The van der Waals surface area contributed by atoms with Crippen molar-refractivity contribution in [1.29, 1.82) is 0 Å². The van der Waals surface area contributed by atoms with E-state index < -0.39 is 17.3 Å². The van der Waals surface area contributed by atoms with E-state index in [1.165, 1.54) is 24.0 Å². The van der Waals surface area contributed by atoms with Crippen LogP contribution in [0.5, 0.6) is 0 Å². The van der Waals surface area contributed by atoms with Gasteiger partial charge in [-0.2, -0.15) is 23.0 Å². The number of aromatic nitrogens is 4. The van der Waals surface area contributed by atoms with Crippen LogP contribution in [0.3, 0.4) is 0 Å². The molecule has 0 fully saturated rings. The molecular formula is C18H12BrF3N4OS. The second kappa shape index (κ2) is 6.93. The molecule has 0 saturated heterocycles. The molecule has 5 nitrogen and oxygen atoms in total. The number of benzene rings is 1. The van der Waals surface area contributed by atoms with Crippen LogP contribution >= 0.6 is 27.7 Å². The molecule has 0 aliphatic carbocycles. The van der Waals surface area contributed by atoms with Gasteiger partial charge in [-0.15, -0.1) is 11.8 Å². The lowest BCUT2D eigenvalue weighted by Crippen LogP contribution is -2.22. The molecule has 0 radical (unpaired) electrons. The third kappa shape index (κ3) is 3.20. The monoisotopic (exact) mass is 468 g/mol. The molecule has 1 aromatic carbocycles. The summed E-state index contributed by atoms with van der Waals surface area (Å²) in [6, 6.07) is 6.64. The average molecular weight is 469 g/mol. The molecule has 0 atom stereocenters. The number of rotatable bonds is 3. The Morgan fingerprint density at radius 3 is 2.71 bits per heavy atom. The third-order valence-corrected chi connectivity index (χ3v) is 5.53. The van der Waals surface area contributed by atoms with Crippen LogP contribution in [0.15, 0.2) is 57.0 Å². The zero-order valence-electron chi connectivity index (χ0n) is 14.4. The highest BCUT2D eigenvalue weighted by molar-refractivity contribution is 9.10. The summed E-state index contributed by atoms with van der Waals surface area (Å²) in [5, 5.41) is 5.11. The molecule has 0 unspecified atom stereocenters. The lowest BCUT2D eigenvalue weighted by Gasteiger charge is -2.09. The first kappa shape index (κ1) is 19.0. The number of thioether (sulfide) groups is 1. The summed E-state index contributed by atoms with van der Waals surface area (Å²) >= 11 is 4.87. The quantitative estimate of drug-likeness (QED) is 0.400. The Morgan fingerprint density at radius 2 is 2.00 bits per heavy atom. The number of pyridine rings is 1. The van der Waals surface area contributed by atoms with E-state index in [2.05, 4.69) is 26.0 Å². The fraction of sp³-hybridized carbons (Fsp3) is 0.167. The fourth-order valence-electron chi connectivity index (χ4n) is 2.86. The third-order valence-electron chi connectivity index (χ3n) is 4.12. The van der Waals surface area contributed by atoms with Gasteiger partial charge in [-0.3, -0.25) is 9.20 Å². The van der Waals surface area contributed by atoms with Crippen LogP contribution in [0, 0.1) is 0 Å². The van der Waals surface area contributed by atoms with Crippen molar-refractivity contribution in [2.24, 2.45) is 0 Å². The highest BCUT2D eigenvalue weighted by Crippen LogP contribution is 2.31. The van der Waals surface area contributed by atoms with Gasteiger partial charge in [0.15, 0.2) is 5.82 Å². The summed E-state index contributed by atoms with van der Waals surface area (Å²) in [5.41, 5.74) is -0.923. The molecule has 0 N–H and O–H groups in total. The first-order chi connectivity index (χ1) is 13.3. The van der Waals surface area contributed by atoms with Crippen molar-refractivity contribution in [3.63, 3.8) is 0 Å². The molecular weight excluding hydrogens is 457 g/mol. The van der Waals surface area contributed by atoms with Gasteiger partial charge in [-0.1, -0.05) is 13.0 Å². The van der Waals surface area contributed by atoms with Crippen LogP contribution in [-0.2, 0) is 6.18 Å². The van der Waals surface area contributed by atoms with Crippen molar-refractivity contribution in [2.45, 2.75) is 18.1 Å². The van der Waals surface area contributed by atoms with Crippen LogP contribution in [0.1, 0.15) is 12.5 Å². The van der Waals surface area contributed by atoms with Gasteiger partial charge in [-0.05, 0) is 45.9 Å². The van der Waals surface area contributed by atoms with Crippen molar-refractivity contribution in [2.75, 3.05) is 5.75 Å². The van der Waals surface area contributed by atoms with Gasteiger partial charge in [0.1, 0.15) is 10.7 Å². The highest BCUT2D eigenvalue weighted by Gasteiger charge is 2.31. The molecule has 0 saturated carbocycles. The van der Waals surface area contributed by atoms with Gasteiger partial charge >= 0.3 is 6.18 Å². The molecule has 4 aromatic rings. The van der Waals surface area contributed by atoms with E-state index in [9.17, 15) is 18.0 Å². The number of fused-ring (bicyclic) bond motifs is 2. The molecule has 0 aliphatic rings. The summed E-state index contributed by atoms with van der Waals surface area (Å²) in [6.07, 6.45) is -1.35. The van der Waals surface area contributed by atoms with E-state index in [-0.39, 0.29) is 11.2 Å². The van der Waals surface area contributed by atoms with E-state index in [1.807, 2.05) is 23.6 Å². The van der Waals surface area contributed by atoms with Gasteiger partial charge in [0.2, 0.25) is 0 Å². The van der Waals surface area contributed by atoms with Crippen molar-refractivity contribution < 1.29 is 13.2 Å². The van der Waals surface area contributed by atoms with Gasteiger partial charge < -0.3 is 0 Å². The predicted octanol–water partition coefficient (Wildman–Crippen LogP) is 4.93. The Bertz CT molecular complexity index is 1270. The zero-order valence-corrected chi connectivity index (χ0v) is 16.8. The Hall–Kier alpha value is -2.33. The topological polar surface area (TPSA) is 52.2 Å². The first-order valence-corrected chi connectivity index (χ1v) is 9.97. The average Bonchev–Trinajstić information content (AvgIpc) is 2.99. The standard InChI is InChI=1S/C18H12BrF3N4OS/c1-2-28-17-15(24-14-6-5-12(19)9-25(14)17)26-16(27)13-7-11(18(20,21)22)4-3-10(13)8-23-26/h3-9H,2H2,1H3. The van der Waals surface area contributed by atoms with Gasteiger partial charge in [0.25, 0.3) is 5.56 Å². The maximum absolute atomic E-state index is 13.1. The van der Waals surface area contributed by atoms with Crippen LogP contribution in [0.4, 0.5) is 13.2 Å². The molecule has 28 heavy (non-hydrogen) atoms. The molecule has 3 heterocycles. The summed E-state index contributed by atoms with van der Waals surface area (Å²) in [4.78, 5) is 17.5. The molecule has 3 aromatic heterocycles. The fourth-order valence-corrected chi connectivity index (χ4v) is 4.02. The summed E-state index contributed by atoms with van der Waals surface area (Å²) in [7, 11) is 0. The Labute approximate surface area is 169 Å². The lowest BCUT2D eigenvalue weighted by molar-refractivity contribution is -0.137. The normalized spacial score (nSPS) is 12.2. The maximum Gasteiger partial charge on any atom is 0.416 e. The molecule has 4 rings (SSSR count). The van der Waals surface area contributed by atoms with Gasteiger partial charge in [0, 0.05) is 16.1 Å². The van der Waals surface area contributed by atoms with Crippen LogP contribution in [0.25, 0.3) is 22.2 Å². The van der Waals surface area contributed by atoms with Crippen molar-refractivity contribution in [3.8, 4) is 5.82 Å². The Morgan fingerprint density at radius 1 is 1.21 bits per heavy atom. The van der Waals surface area contributed by atoms with Crippen molar-refractivity contribution >= 4 is 44.1 Å². The first-order valence-electron chi connectivity index (χ1n) is 8.19. The summed E-state index contributed by atoms with van der Waals surface area (Å²) in [5.74, 6) is 1.00. The number of imidazole rings is 1. The van der Waals surface area contributed by atoms with E-state index in [0.29, 0.717) is 21.8 Å². The molecule has 0 aliphatic heterocycles. The highest BCUT2D eigenvalue weighted by atomic mass is 79.9. The number of alkyl halides is 3. The molecule has 0 amide bonds. The summed E-state index contributed by atoms with van der Waals surface area (Å²) in [6.45, 7) is 1.96. The van der Waals surface area contributed by atoms with E-state index in [0.717, 1.165) is 21.3 Å². The SMILES string of the molecule is CCSc1c(-n2ncc3ccc(C(F)(F)F)cc3c2=O)nc2ccc(Br)cn12. The van der Waals surface area contributed by atoms with Crippen molar-refractivity contribution in [1.82, 2.24) is 19.2 Å². The van der Waals surface area contributed by atoms with Crippen LogP contribution < -0.4 is 5.56 Å². The van der Waals surface area contributed by atoms with Gasteiger partial charge in [-0.25, -0.2) is 4.98 Å². The van der Waals surface area contributed by atoms with Gasteiger partial charge in [0.05, 0.1) is 17.1 Å². The summed E-state index contributed by atoms with van der Waals surface area (Å²) < 4.78 is 42.9. The molecule has 0 bridgehead atoms. The Kier molecular flexibility index (Phi) is 4.70. The number of hydrogen-bond donors (Lipinski definition) is 0. The zero-order chi connectivity index (χ0) is 20.1. The number of halogens is 4. The molecule has 0 spiro atoms. The molecule has 10 heteroatoms. The van der Waals surface area contributed by atoms with Crippen LogP contribution in [-0.4, -0.2) is 24.9 Å². The number of hydrogen-bond acceptors (Lipinski definition) is 4. The number of nitrogens with zero attached hydrogens (tertiary/aromatic N) is 4. The van der Waals surface area contributed by atoms with Crippen LogP contribution in [0.2, 0.25) is 0 Å². The predicted molar refractivity (Wildman–Crippen MR) is 105 cm³/mol. The lowest BCUT2D eigenvalue weighted by atomic mass is 10.1. The van der Waals surface area contributed by atoms with E-state index >= 15 is 0 Å². The Balaban J connectivity index is 2.00. The van der Waals surface area contributed by atoms with Crippen molar-refractivity contribution in [3.05, 3.63) is 63.1 Å². The van der Waals surface area contributed by atoms with E-state index in [1.54, 1.807) is 6.07 Å².